The zero-order valence-corrected chi connectivity index (χ0v) is 9.51. The van der Waals surface area contributed by atoms with Crippen LogP contribution in [0, 0.1) is 24.0 Å². The Balaban J connectivity index is 3.00. The number of hydrogen-bond donors (Lipinski definition) is 2. The molecule has 1 aromatic rings. The molecular formula is C10H13N3O4. The van der Waals surface area contributed by atoms with Crippen molar-refractivity contribution in [1.82, 2.24) is 0 Å². The van der Waals surface area contributed by atoms with E-state index in [9.17, 15) is 10.1 Å². The van der Waals surface area contributed by atoms with Crippen LogP contribution < -0.4 is 10.5 Å². The zero-order valence-electron chi connectivity index (χ0n) is 9.51. The summed E-state index contributed by atoms with van der Waals surface area (Å²) in [4.78, 5) is 10.3. The van der Waals surface area contributed by atoms with Crippen LogP contribution >= 0.6 is 0 Å². The van der Waals surface area contributed by atoms with Crippen LogP contribution in [-0.4, -0.2) is 22.6 Å². The van der Waals surface area contributed by atoms with Crippen LogP contribution in [0.2, 0.25) is 0 Å². The molecule has 1 aromatic carbocycles. The van der Waals surface area contributed by atoms with Crippen molar-refractivity contribution < 1.29 is 14.9 Å². The number of aryl methyl sites for hydroxylation is 2. The van der Waals surface area contributed by atoms with E-state index >= 15 is 0 Å². The van der Waals surface area contributed by atoms with Crippen molar-refractivity contribution in [1.29, 1.82) is 0 Å². The van der Waals surface area contributed by atoms with E-state index in [1.165, 1.54) is 6.07 Å². The largest absolute Gasteiger partial charge is 0.485 e. The average Bonchev–Trinajstić information content (AvgIpc) is 2.26. The maximum atomic E-state index is 10.7. The third-order valence-corrected chi connectivity index (χ3v) is 2.19. The highest BCUT2D eigenvalue weighted by molar-refractivity contribution is 5.81. The minimum atomic E-state index is -0.481. The number of nitro groups is 1. The number of nitro benzene ring substituents is 1. The molecule has 17 heavy (non-hydrogen) atoms. The van der Waals surface area contributed by atoms with Crippen LogP contribution in [0.1, 0.15) is 11.1 Å². The van der Waals surface area contributed by atoms with Gasteiger partial charge >= 0.3 is 0 Å². The molecule has 1 rings (SSSR count). The Hall–Kier alpha value is -2.31. The lowest BCUT2D eigenvalue weighted by Crippen LogP contribution is -2.21. The van der Waals surface area contributed by atoms with E-state index in [-0.39, 0.29) is 18.1 Å². The fourth-order valence-corrected chi connectivity index (χ4v) is 1.35. The maximum Gasteiger partial charge on any atom is 0.276 e. The van der Waals surface area contributed by atoms with E-state index in [4.69, 9.17) is 15.7 Å². The van der Waals surface area contributed by atoms with E-state index in [0.717, 1.165) is 5.56 Å². The molecule has 0 radical (unpaired) electrons. The molecule has 0 aliphatic carbocycles. The smallest absolute Gasteiger partial charge is 0.276 e. The molecule has 0 saturated carbocycles. The molecule has 0 unspecified atom stereocenters. The summed E-state index contributed by atoms with van der Waals surface area (Å²) in [6.07, 6.45) is 0. The molecule has 0 amide bonds. The van der Waals surface area contributed by atoms with Crippen LogP contribution in [0.3, 0.4) is 0 Å². The van der Waals surface area contributed by atoms with Crippen molar-refractivity contribution in [3.8, 4) is 5.75 Å². The second kappa shape index (κ2) is 5.15. The number of benzene rings is 1. The van der Waals surface area contributed by atoms with Gasteiger partial charge in [0.15, 0.2) is 5.84 Å². The Morgan fingerprint density at radius 3 is 2.71 bits per heavy atom. The minimum absolute atomic E-state index is 0.0230. The Kier molecular flexibility index (Phi) is 3.86. The van der Waals surface area contributed by atoms with Gasteiger partial charge in [-0.15, -0.1) is 0 Å². The summed E-state index contributed by atoms with van der Waals surface area (Å²) in [5, 5.41) is 21.8. The lowest BCUT2D eigenvalue weighted by Gasteiger charge is -2.09. The normalized spacial score (nSPS) is 11.3. The molecule has 7 nitrogen and oxygen atoms in total. The summed E-state index contributed by atoms with van der Waals surface area (Å²) in [6, 6.07) is 2.98. The van der Waals surface area contributed by atoms with Gasteiger partial charge in [0.05, 0.1) is 11.0 Å². The minimum Gasteiger partial charge on any atom is -0.485 e. The molecule has 0 aliphatic rings. The van der Waals surface area contributed by atoms with Crippen LogP contribution in [0.4, 0.5) is 5.69 Å². The molecule has 3 N–H and O–H groups in total. The van der Waals surface area contributed by atoms with Gasteiger partial charge in [-0.2, -0.15) is 0 Å². The molecule has 0 spiro atoms. The van der Waals surface area contributed by atoms with Gasteiger partial charge in [0.1, 0.15) is 12.4 Å². The summed E-state index contributed by atoms with van der Waals surface area (Å²) in [5.74, 6) is 0.238. The van der Waals surface area contributed by atoms with Crippen molar-refractivity contribution in [2.24, 2.45) is 10.9 Å². The molecular weight excluding hydrogens is 226 g/mol. The fourth-order valence-electron chi connectivity index (χ4n) is 1.35. The van der Waals surface area contributed by atoms with E-state index in [2.05, 4.69) is 5.16 Å². The number of nitrogens with zero attached hydrogens (tertiary/aromatic N) is 2. The van der Waals surface area contributed by atoms with E-state index in [0.29, 0.717) is 11.3 Å². The standard InChI is InChI=1S/C10H13N3O4/c1-6-3-7(2)9(4-8(6)13(15)16)17-5-10(11)12-14/h3-4,14H,5H2,1-2H3,(H2,11,12). The quantitative estimate of drug-likeness (QED) is 0.271. The Morgan fingerprint density at radius 2 is 2.18 bits per heavy atom. The van der Waals surface area contributed by atoms with Gasteiger partial charge in [-0.05, 0) is 25.5 Å². The van der Waals surface area contributed by atoms with Gasteiger partial charge < -0.3 is 15.7 Å². The van der Waals surface area contributed by atoms with Gasteiger partial charge in [0.2, 0.25) is 0 Å². The lowest BCUT2D eigenvalue weighted by atomic mass is 10.1. The number of ether oxygens (including phenoxy) is 1. The van der Waals surface area contributed by atoms with Crippen LogP contribution in [-0.2, 0) is 0 Å². The van der Waals surface area contributed by atoms with Crippen molar-refractivity contribution >= 4 is 11.5 Å². The first kappa shape index (κ1) is 12.8. The molecule has 0 saturated heterocycles. The Labute approximate surface area is 97.6 Å². The van der Waals surface area contributed by atoms with Gasteiger partial charge in [-0.1, -0.05) is 5.16 Å². The second-order valence-electron chi connectivity index (χ2n) is 3.54. The lowest BCUT2D eigenvalue weighted by molar-refractivity contribution is -0.385. The summed E-state index contributed by atoms with van der Waals surface area (Å²) in [6.45, 7) is 3.29. The number of oxime groups is 1. The number of amidine groups is 1. The first-order valence-electron chi connectivity index (χ1n) is 4.80. The van der Waals surface area contributed by atoms with Gasteiger partial charge in [-0.25, -0.2) is 0 Å². The van der Waals surface area contributed by atoms with E-state index in [1.807, 2.05) is 0 Å². The first-order valence-corrected chi connectivity index (χ1v) is 4.80. The fraction of sp³-hybridized carbons (Fsp3) is 0.300. The predicted molar refractivity (Wildman–Crippen MR) is 61.5 cm³/mol. The van der Waals surface area contributed by atoms with Crippen LogP contribution in [0.25, 0.3) is 0 Å². The summed E-state index contributed by atoms with van der Waals surface area (Å²) >= 11 is 0. The molecule has 0 bridgehead atoms. The maximum absolute atomic E-state index is 10.7. The molecule has 0 fully saturated rings. The zero-order chi connectivity index (χ0) is 13.0. The molecule has 0 heterocycles. The number of hydrogen-bond acceptors (Lipinski definition) is 5. The highest BCUT2D eigenvalue weighted by Gasteiger charge is 2.14. The molecule has 92 valence electrons. The first-order chi connectivity index (χ1) is 7.95. The molecule has 0 aromatic heterocycles. The Morgan fingerprint density at radius 1 is 1.53 bits per heavy atom. The third kappa shape index (κ3) is 3.07. The molecule has 7 heteroatoms. The molecule has 0 atom stereocenters. The van der Waals surface area contributed by atoms with Crippen molar-refractivity contribution in [2.45, 2.75) is 13.8 Å². The van der Waals surface area contributed by atoms with E-state index < -0.39 is 4.92 Å². The van der Waals surface area contributed by atoms with Gasteiger partial charge in [0.25, 0.3) is 5.69 Å². The monoisotopic (exact) mass is 239 g/mol. The summed E-state index contributed by atoms with van der Waals surface area (Å²) < 4.78 is 5.22. The van der Waals surface area contributed by atoms with Gasteiger partial charge in [0, 0.05) is 5.56 Å². The number of rotatable bonds is 4. The average molecular weight is 239 g/mol. The van der Waals surface area contributed by atoms with Gasteiger partial charge in [-0.3, -0.25) is 10.1 Å². The SMILES string of the molecule is Cc1cc(C)c([N+](=O)[O-])cc1OC/C(N)=N/O. The van der Waals surface area contributed by atoms with Crippen molar-refractivity contribution in [2.75, 3.05) is 6.61 Å². The highest BCUT2D eigenvalue weighted by atomic mass is 16.6. The van der Waals surface area contributed by atoms with Crippen molar-refractivity contribution in [3.63, 3.8) is 0 Å². The van der Waals surface area contributed by atoms with Crippen LogP contribution in [0.5, 0.6) is 5.75 Å². The van der Waals surface area contributed by atoms with E-state index in [1.54, 1.807) is 19.9 Å². The highest BCUT2D eigenvalue weighted by Crippen LogP contribution is 2.27. The Bertz CT molecular complexity index is 471. The third-order valence-electron chi connectivity index (χ3n) is 2.19. The van der Waals surface area contributed by atoms with Crippen LogP contribution in [0.15, 0.2) is 17.3 Å². The summed E-state index contributed by atoms with van der Waals surface area (Å²) in [5.41, 5.74) is 6.52. The topological polar surface area (TPSA) is 111 Å². The number of nitrogens with two attached hydrogens (primary N) is 1. The second-order valence-corrected chi connectivity index (χ2v) is 3.54. The van der Waals surface area contributed by atoms with Crippen molar-refractivity contribution in [3.05, 3.63) is 33.4 Å². The molecule has 0 aliphatic heterocycles. The predicted octanol–water partition coefficient (Wildman–Crippen LogP) is 1.34. The summed E-state index contributed by atoms with van der Waals surface area (Å²) in [7, 11) is 0.